The van der Waals surface area contributed by atoms with E-state index in [0.29, 0.717) is 24.5 Å². The Morgan fingerprint density at radius 3 is 2.85 bits per heavy atom. The van der Waals surface area contributed by atoms with Gasteiger partial charge in [0.2, 0.25) is 5.91 Å². The largest absolute Gasteiger partial charge is 0.310 e. The second-order valence-electron chi connectivity index (χ2n) is 5.92. The fraction of sp³-hybridized carbons (Fsp3) is 0.222. The number of carbonyl (C=O) groups excluding carboxylic acids is 1. The monoisotopic (exact) mass is 376 g/mol. The van der Waals surface area contributed by atoms with Crippen molar-refractivity contribution >= 4 is 23.1 Å². The molecule has 0 spiro atoms. The van der Waals surface area contributed by atoms with Gasteiger partial charge < -0.3 is 5.32 Å². The van der Waals surface area contributed by atoms with E-state index in [1.54, 1.807) is 40.2 Å². The molecule has 0 fully saturated rings. The Bertz CT molecular complexity index is 879. The maximum absolute atomic E-state index is 13.3. The van der Waals surface area contributed by atoms with Crippen LogP contribution in [0, 0.1) is 11.6 Å². The van der Waals surface area contributed by atoms with Crippen LogP contribution in [0.25, 0.3) is 0 Å². The van der Waals surface area contributed by atoms with Crippen LogP contribution < -0.4 is 5.32 Å². The van der Waals surface area contributed by atoms with E-state index < -0.39 is 11.6 Å². The Balaban J connectivity index is 1.55. The first-order valence-electron chi connectivity index (χ1n) is 7.98. The predicted octanol–water partition coefficient (Wildman–Crippen LogP) is 3.34. The molecule has 0 bridgehead atoms. The molecule has 0 aliphatic heterocycles. The Labute approximate surface area is 153 Å². The van der Waals surface area contributed by atoms with Crippen molar-refractivity contribution in [1.82, 2.24) is 14.7 Å². The summed E-state index contributed by atoms with van der Waals surface area (Å²) in [6, 6.07) is 9.44. The zero-order chi connectivity index (χ0) is 18.5. The van der Waals surface area contributed by atoms with E-state index in [-0.39, 0.29) is 12.5 Å². The van der Waals surface area contributed by atoms with Gasteiger partial charge in [-0.2, -0.15) is 5.10 Å². The van der Waals surface area contributed by atoms with Gasteiger partial charge in [-0.15, -0.1) is 11.3 Å². The third-order valence-corrected chi connectivity index (χ3v) is 4.58. The van der Waals surface area contributed by atoms with E-state index in [2.05, 4.69) is 10.4 Å². The molecule has 3 aromatic rings. The standard InChI is InChI=1S/C18H18F2N4OS/c1-23(10-13-4-5-15(19)16(20)9-13)12-18(25)22-17-6-7-21-24(17)11-14-3-2-8-26-14/h2-9H,10-12H2,1H3,(H,22,25). The van der Waals surface area contributed by atoms with E-state index in [0.717, 1.165) is 17.0 Å². The van der Waals surface area contributed by atoms with E-state index >= 15 is 0 Å². The molecule has 0 saturated heterocycles. The van der Waals surface area contributed by atoms with Crippen LogP contribution in [0.2, 0.25) is 0 Å². The number of hydrogen-bond acceptors (Lipinski definition) is 4. The first-order chi connectivity index (χ1) is 12.5. The number of likely N-dealkylation sites (N-methyl/N-ethyl adjacent to an activating group) is 1. The van der Waals surface area contributed by atoms with Gasteiger partial charge in [-0.25, -0.2) is 13.5 Å². The average molecular weight is 376 g/mol. The zero-order valence-corrected chi connectivity index (χ0v) is 15.0. The van der Waals surface area contributed by atoms with Crippen molar-refractivity contribution in [1.29, 1.82) is 0 Å². The number of benzene rings is 1. The highest BCUT2D eigenvalue weighted by atomic mass is 32.1. The van der Waals surface area contributed by atoms with Gasteiger partial charge in [0.05, 0.1) is 19.3 Å². The molecule has 5 nitrogen and oxygen atoms in total. The lowest BCUT2D eigenvalue weighted by Gasteiger charge is -2.17. The summed E-state index contributed by atoms with van der Waals surface area (Å²) in [5, 5.41) is 9.05. The molecule has 0 aliphatic rings. The van der Waals surface area contributed by atoms with Gasteiger partial charge in [0.1, 0.15) is 5.82 Å². The molecule has 0 aliphatic carbocycles. The van der Waals surface area contributed by atoms with Gasteiger partial charge in [-0.3, -0.25) is 9.69 Å². The molecule has 0 atom stereocenters. The number of nitrogens with one attached hydrogen (secondary N) is 1. The first kappa shape index (κ1) is 18.2. The van der Waals surface area contributed by atoms with Crippen LogP contribution >= 0.6 is 11.3 Å². The van der Waals surface area contributed by atoms with Gasteiger partial charge >= 0.3 is 0 Å². The highest BCUT2D eigenvalue weighted by molar-refractivity contribution is 7.09. The molecule has 1 amide bonds. The van der Waals surface area contributed by atoms with E-state index in [4.69, 9.17) is 0 Å². The second kappa shape index (κ2) is 8.20. The minimum atomic E-state index is -0.891. The Hall–Kier alpha value is -2.58. The maximum atomic E-state index is 13.3. The molecule has 26 heavy (non-hydrogen) atoms. The Morgan fingerprint density at radius 1 is 1.27 bits per heavy atom. The van der Waals surface area contributed by atoms with Crippen LogP contribution in [0.1, 0.15) is 10.4 Å². The van der Waals surface area contributed by atoms with Crippen LogP contribution in [0.5, 0.6) is 0 Å². The third kappa shape index (κ3) is 4.74. The smallest absolute Gasteiger partial charge is 0.239 e. The van der Waals surface area contributed by atoms with Crippen molar-refractivity contribution in [3.05, 3.63) is 70.1 Å². The number of amides is 1. The number of halogens is 2. The molecule has 0 radical (unpaired) electrons. The molecule has 8 heteroatoms. The molecule has 1 aromatic carbocycles. The molecular formula is C18H18F2N4OS. The SMILES string of the molecule is CN(CC(=O)Nc1ccnn1Cc1cccs1)Cc1ccc(F)c(F)c1. The first-order valence-corrected chi connectivity index (χ1v) is 8.86. The zero-order valence-electron chi connectivity index (χ0n) is 14.2. The lowest BCUT2D eigenvalue weighted by molar-refractivity contribution is -0.117. The minimum absolute atomic E-state index is 0.114. The van der Waals surface area contributed by atoms with Crippen molar-refractivity contribution in [2.75, 3.05) is 18.9 Å². The van der Waals surface area contributed by atoms with Gasteiger partial charge in [-0.1, -0.05) is 12.1 Å². The van der Waals surface area contributed by atoms with E-state index in [1.807, 2.05) is 17.5 Å². The van der Waals surface area contributed by atoms with Gasteiger partial charge in [-0.05, 0) is 36.2 Å². The molecule has 3 rings (SSSR count). The van der Waals surface area contributed by atoms with E-state index in [1.165, 1.54) is 6.07 Å². The molecule has 0 unspecified atom stereocenters. The number of anilines is 1. The summed E-state index contributed by atoms with van der Waals surface area (Å²) < 4.78 is 28.0. The number of nitrogens with zero attached hydrogens (tertiary/aromatic N) is 3. The van der Waals surface area contributed by atoms with Crippen LogP contribution in [0.15, 0.2) is 48.0 Å². The highest BCUT2D eigenvalue weighted by Crippen LogP contribution is 2.14. The normalized spacial score (nSPS) is 11.1. The van der Waals surface area contributed by atoms with Gasteiger partial charge in [0.15, 0.2) is 11.6 Å². The highest BCUT2D eigenvalue weighted by Gasteiger charge is 2.12. The number of thiophene rings is 1. The molecule has 0 saturated carbocycles. The lowest BCUT2D eigenvalue weighted by atomic mass is 10.2. The van der Waals surface area contributed by atoms with Gasteiger partial charge in [0.25, 0.3) is 0 Å². The Morgan fingerprint density at radius 2 is 2.12 bits per heavy atom. The quantitative estimate of drug-likeness (QED) is 0.688. The fourth-order valence-corrected chi connectivity index (χ4v) is 3.23. The summed E-state index contributed by atoms with van der Waals surface area (Å²) >= 11 is 1.62. The summed E-state index contributed by atoms with van der Waals surface area (Å²) in [5.41, 5.74) is 0.599. The summed E-state index contributed by atoms with van der Waals surface area (Å²) in [4.78, 5) is 15.1. The van der Waals surface area contributed by atoms with Crippen molar-refractivity contribution in [2.45, 2.75) is 13.1 Å². The number of carbonyl (C=O) groups is 1. The van der Waals surface area contributed by atoms with Crippen LogP contribution in [0.4, 0.5) is 14.6 Å². The van der Waals surface area contributed by atoms with E-state index in [9.17, 15) is 13.6 Å². The van der Waals surface area contributed by atoms with Crippen molar-refractivity contribution < 1.29 is 13.6 Å². The lowest BCUT2D eigenvalue weighted by Crippen LogP contribution is -2.30. The minimum Gasteiger partial charge on any atom is -0.310 e. The van der Waals surface area contributed by atoms with Crippen LogP contribution in [-0.2, 0) is 17.9 Å². The molecule has 136 valence electrons. The van der Waals surface area contributed by atoms with Gasteiger partial charge in [0, 0.05) is 17.5 Å². The maximum Gasteiger partial charge on any atom is 0.239 e. The van der Waals surface area contributed by atoms with Crippen LogP contribution in [0.3, 0.4) is 0 Å². The topological polar surface area (TPSA) is 50.2 Å². The van der Waals surface area contributed by atoms with Crippen LogP contribution in [-0.4, -0.2) is 34.2 Å². The predicted molar refractivity (Wildman–Crippen MR) is 97.0 cm³/mol. The summed E-state index contributed by atoms with van der Waals surface area (Å²) in [5.74, 6) is -1.36. The van der Waals surface area contributed by atoms with Crippen molar-refractivity contribution in [3.63, 3.8) is 0 Å². The molecule has 1 N–H and O–H groups in total. The van der Waals surface area contributed by atoms with Crippen molar-refractivity contribution in [2.24, 2.45) is 0 Å². The third-order valence-electron chi connectivity index (χ3n) is 3.72. The number of rotatable bonds is 7. The summed E-state index contributed by atoms with van der Waals surface area (Å²) in [7, 11) is 1.74. The Kier molecular flexibility index (Phi) is 5.75. The average Bonchev–Trinajstić information content (AvgIpc) is 3.24. The molecule has 2 aromatic heterocycles. The molecule has 2 heterocycles. The summed E-state index contributed by atoms with van der Waals surface area (Å²) in [6.07, 6.45) is 1.63. The second-order valence-corrected chi connectivity index (χ2v) is 6.95. The number of hydrogen-bond donors (Lipinski definition) is 1. The summed E-state index contributed by atoms with van der Waals surface area (Å²) in [6.45, 7) is 1.03. The van der Waals surface area contributed by atoms with Crippen molar-refractivity contribution in [3.8, 4) is 0 Å². The number of aromatic nitrogens is 2. The molecular weight excluding hydrogens is 358 g/mol. The fourth-order valence-electron chi connectivity index (χ4n) is 2.55.